The predicted octanol–water partition coefficient (Wildman–Crippen LogP) is 1.98. The Hall–Kier alpha value is -2.90. The summed E-state index contributed by atoms with van der Waals surface area (Å²) in [5.74, 6) is -1.63. The first kappa shape index (κ1) is 21.1. The monoisotopic (exact) mass is 364 g/mol. The van der Waals surface area contributed by atoms with E-state index < -0.39 is 29.6 Å². The zero-order valence-corrected chi connectivity index (χ0v) is 15.4. The highest BCUT2D eigenvalue weighted by Crippen LogP contribution is 2.10. The molecule has 1 aromatic carbocycles. The fraction of sp³-hybridized carbons (Fsp3) is 0.444. The molecule has 0 bridgehead atoms. The molecule has 0 radical (unpaired) electrons. The molecule has 0 saturated carbocycles. The smallest absolute Gasteiger partial charge is 0.408 e. The fourth-order valence-corrected chi connectivity index (χ4v) is 1.94. The Morgan fingerprint density at radius 1 is 1.19 bits per heavy atom. The van der Waals surface area contributed by atoms with E-state index in [4.69, 9.17) is 9.57 Å². The Labute approximate surface area is 152 Å². The number of carbonyl (C=O) groups excluding carboxylic acids is 4. The normalized spacial score (nSPS) is 11.8. The second-order valence-corrected chi connectivity index (χ2v) is 6.48. The number of hydroxylamine groups is 2. The molecule has 0 unspecified atom stereocenters. The van der Waals surface area contributed by atoms with Crippen molar-refractivity contribution in [3.8, 4) is 0 Å². The molecule has 142 valence electrons. The van der Waals surface area contributed by atoms with Gasteiger partial charge in [-0.3, -0.25) is 9.59 Å². The van der Waals surface area contributed by atoms with Gasteiger partial charge in [-0.2, -0.15) is 0 Å². The summed E-state index contributed by atoms with van der Waals surface area (Å²) in [6.45, 7) is 6.58. The van der Waals surface area contributed by atoms with Crippen LogP contribution in [-0.2, 0) is 30.4 Å². The quantitative estimate of drug-likeness (QED) is 0.612. The first-order chi connectivity index (χ1) is 12.2. The van der Waals surface area contributed by atoms with Gasteiger partial charge in [0.05, 0.1) is 0 Å². The molecule has 3 amide bonds. The fourth-order valence-electron chi connectivity index (χ4n) is 1.94. The number of rotatable bonds is 6. The molecule has 0 heterocycles. The van der Waals surface area contributed by atoms with Crippen LogP contribution in [0.2, 0.25) is 0 Å². The Kier molecular flexibility index (Phi) is 7.77. The average molecular weight is 364 g/mol. The number of hydrogen-bond donors (Lipinski definition) is 1. The van der Waals surface area contributed by atoms with Crippen molar-refractivity contribution >= 4 is 24.4 Å². The van der Waals surface area contributed by atoms with Crippen molar-refractivity contribution in [2.24, 2.45) is 0 Å². The third kappa shape index (κ3) is 7.33. The highest BCUT2D eigenvalue weighted by Gasteiger charge is 2.28. The number of hydrogen-bond acceptors (Lipinski definition) is 6. The number of nitrogens with zero attached hydrogens (tertiary/aromatic N) is 1. The molecule has 0 aromatic heterocycles. The molecule has 0 aliphatic rings. The topological polar surface area (TPSA) is 102 Å². The molecule has 0 fully saturated rings. The summed E-state index contributed by atoms with van der Waals surface area (Å²) in [5, 5.41) is 2.74. The van der Waals surface area contributed by atoms with Crippen molar-refractivity contribution in [2.45, 2.75) is 52.2 Å². The van der Waals surface area contributed by atoms with Crippen molar-refractivity contribution in [3.63, 3.8) is 0 Å². The lowest BCUT2D eigenvalue weighted by Gasteiger charge is -2.23. The van der Waals surface area contributed by atoms with Crippen molar-refractivity contribution in [1.29, 1.82) is 0 Å². The lowest BCUT2D eigenvalue weighted by molar-refractivity contribution is -0.197. The third-order valence-corrected chi connectivity index (χ3v) is 3.09. The predicted molar refractivity (Wildman–Crippen MR) is 92.6 cm³/mol. The van der Waals surface area contributed by atoms with Crippen LogP contribution in [0.25, 0.3) is 0 Å². The second-order valence-electron chi connectivity index (χ2n) is 6.48. The van der Waals surface area contributed by atoms with E-state index in [0.29, 0.717) is 5.06 Å². The minimum Gasteiger partial charge on any atom is -0.444 e. The molecule has 26 heavy (non-hydrogen) atoms. The summed E-state index contributed by atoms with van der Waals surface area (Å²) >= 11 is 0. The van der Waals surface area contributed by atoms with E-state index in [1.165, 1.54) is 6.92 Å². The molecule has 0 spiro atoms. The van der Waals surface area contributed by atoms with E-state index >= 15 is 0 Å². The molecule has 1 atom stereocenters. The summed E-state index contributed by atoms with van der Waals surface area (Å²) in [6, 6.07) is 7.77. The number of benzene rings is 1. The van der Waals surface area contributed by atoms with E-state index in [-0.39, 0.29) is 19.3 Å². The van der Waals surface area contributed by atoms with Gasteiger partial charge in [0.1, 0.15) is 11.6 Å². The molecule has 1 aromatic rings. The largest absolute Gasteiger partial charge is 0.444 e. The van der Waals surface area contributed by atoms with Crippen LogP contribution in [-0.4, -0.2) is 41.1 Å². The van der Waals surface area contributed by atoms with Crippen molar-refractivity contribution < 1.29 is 28.8 Å². The van der Waals surface area contributed by atoms with Crippen LogP contribution in [0.15, 0.2) is 30.3 Å². The van der Waals surface area contributed by atoms with Gasteiger partial charge in [0.15, 0.2) is 0 Å². The number of ether oxygens (including phenoxy) is 1. The number of alkyl carbamates (subject to hydrolysis) is 1. The average Bonchev–Trinajstić information content (AvgIpc) is 2.57. The van der Waals surface area contributed by atoms with Crippen LogP contribution in [0.4, 0.5) is 4.79 Å². The molecule has 8 heteroatoms. The summed E-state index contributed by atoms with van der Waals surface area (Å²) < 4.78 is 5.15. The lowest BCUT2D eigenvalue weighted by atomic mass is 10.1. The number of nitrogens with one attached hydrogen (secondary N) is 1. The highest BCUT2D eigenvalue weighted by molar-refractivity contribution is 5.88. The van der Waals surface area contributed by atoms with Gasteiger partial charge >= 0.3 is 12.1 Å². The minimum atomic E-state index is -1.14. The van der Waals surface area contributed by atoms with Gasteiger partial charge in [-0.1, -0.05) is 37.3 Å². The van der Waals surface area contributed by atoms with E-state index in [2.05, 4.69) is 5.32 Å². The maximum Gasteiger partial charge on any atom is 0.408 e. The number of imide groups is 1. The van der Waals surface area contributed by atoms with Gasteiger partial charge in [-0.05, 0) is 26.3 Å². The molecule has 1 N–H and O–H groups in total. The van der Waals surface area contributed by atoms with E-state index in [1.807, 2.05) is 6.07 Å². The van der Waals surface area contributed by atoms with Crippen LogP contribution in [0.1, 0.15) is 39.7 Å². The van der Waals surface area contributed by atoms with Crippen LogP contribution in [0, 0.1) is 0 Å². The Morgan fingerprint density at radius 3 is 2.31 bits per heavy atom. The minimum absolute atomic E-state index is 0.0190. The van der Waals surface area contributed by atoms with Crippen LogP contribution < -0.4 is 5.32 Å². The molecule has 0 saturated heterocycles. The maximum atomic E-state index is 12.4. The maximum absolute atomic E-state index is 12.4. The van der Waals surface area contributed by atoms with Gasteiger partial charge in [-0.15, -0.1) is 5.06 Å². The zero-order valence-electron chi connectivity index (χ0n) is 15.4. The third-order valence-electron chi connectivity index (χ3n) is 3.09. The Morgan fingerprint density at radius 2 is 1.81 bits per heavy atom. The Balaban J connectivity index is 2.91. The van der Waals surface area contributed by atoms with E-state index in [1.54, 1.807) is 45.0 Å². The van der Waals surface area contributed by atoms with Crippen LogP contribution >= 0.6 is 0 Å². The van der Waals surface area contributed by atoms with Crippen LogP contribution in [0.3, 0.4) is 0 Å². The van der Waals surface area contributed by atoms with Gasteiger partial charge in [0, 0.05) is 12.8 Å². The molecule has 0 aliphatic heterocycles. The zero-order chi connectivity index (χ0) is 19.7. The van der Waals surface area contributed by atoms with Crippen molar-refractivity contribution in [1.82, 2.24) is 10.4 Å². The summed E-state index contributed by atoms with van der Waals surface area (Å²) in [6.07, 6.45) is -0.618. The second kappa shape index (κ2) is 9.55. The molecular formula is C18H24N2O6. The van der Waals surface area contributed by atoms with E-state index in [9.17, 15) is 19.2 Å². The van der Waals surface area contributed by atoms with Crippen molar-refractivity contribution in [3.05, 3.63) is 35.9 Å². The molecular weight excluding hydrogens is 340 g/mol. The summed E-state index contributed by atoms with van der Waals surface area (Å²) in [4.78, 5) is 51.8. The van der Waals surface area contributed by atoms with Crippen LogP contribution in [0.5, 0.6) is 0 Å². The van der Waals surface area contributed by atoms with Gasteiger partial charge in [0.25, 0.3) is 12.3 Å². The highest BCUT2D eigenvalue weighted by atomic mass is 16.7. The standard InChI is InChI=1S/C18H24N2O6/c1-5-15(22)20(12-21)26-16(23)14(11-13-9-7-6-8-10-13)19-17(24)25-18(2,3)4/h6-10,12,14H,5,11H2,1-4H3,(H,19,24)/t14-/m0/s1. The number of carbonyl (C=O) groups is 4. The number of amides is 3. The molecule has 0 aliphatic carbocycles. The first-order valence-electron chi connectivity index (χ1n) is 8.19. The SMILES string of the molecule is CCC(=O)N(C=O)OC(=O)[C@H](Cc1ccccc1)NC(=O)OC(C)(C)C. The van der Waals surface area contributed by atoms with Gasteiger partial charge in [0.2, 0.25) is 0 Å². The lowest BCUT2D eigenvalue weighted by Crippen LogP contribution is -2.47. The van der Waals surface area contributed by atoms with E-state index in [0.717, 1.165) is 5.56 Å². The first-order valence-corrected chi connectivity index (χ1v) is 8.19. The van der Waals surface area contributed by atoms with Gasteiger partial charge < -0.3 is 14.9 Å². The Bertz CT molecular complexity index is 639. The van der Waals surface area contributed by atoms with Gasteiger partial charge in [-0.25, -0.2) is 9.59 Å². The molecule has 1 rings (SSSR count). The molecule has 8 nitrogen and oxygen atoms in total. The van der Waals surface area contributed by atoms with Crippen molar-refractivity contribution in [2.75, 3.05) is 0 Å². The summed E-state index contributed by atoms with van der Waals surface area (Å²) in [5.41, 5.74) is 0.00292. The summed E-state index contributed by atoms with van der Waals surface area (Å²) in [7, 11) is 0.